The van der Waals surface area contributed by atoms with Gasteiger partial charge in [0.05, 0.1) is 5.69 Å². The van der Waals surface area contributed by atoms with Crippen molar-refractivity contribution >= 4 is 11.8 Å². The van der Waals surface area contributed by atoms with Crippen LogP contribution in [0, 0.1) is 6.92 Å². The molecule has 1 aliphatic rings. The monoisotopic (exact) mass is 222 g/mol. The molecule has 1 unspecified atom stereocenters. The number of aromatic nitrogens is 1. The minimum atomic E-state index is 0.685. The molecule has 0 bridgehead atoms. The molecular formula is C12H18N2S. The fraction of sp³-hybridized carbons (Fsp3) is 0.583. The second-order valence-electron chi connectivity index (χ2n) is 4.06. The first-order valence-electron chi connectivity index (χ1n) is 5.58. The summed E-state index contributed by atoms with van der Waals surface area (Å²) >= 11 is 2.06. The first-order chi connectivity index (χ1) is 7.36. The molecule has 82 valence electrons. The van der Waals surface area contributed by atoms with E-state index in [1.807, 2.05) is 12.3 Å². The van der Waals surface area contributed by atoms with Crippen molar-refractivity contribution in [2.24, 2.45) is 0 Å². The number of hydrogen-bond donors (Lipinski definition) is 1. The molecule has 0 radical (unpaired) electrons. The maximum atomic E-state index is 4.39. The van der Waals surface area contributed by atoms with E-state index < -0.39 is 0 Å². The van der Waals surface area contributed by atoms with E-state index in [1.165, 1.54) is 35.6 Å². The van der Waals surface area contributed by atoms with Crippen molar-refractivity contribution in [2.45, 2.75) is 32.4 Å². The maximum absolute atomic E-state index is 4.39. The van der Waals surface area contributed by atoms with Gasteiger partial charge >= 0.3 is 0 Å². The van der Waals surface area contributed by atoms with Crippen molar-refractivity contribution in [1.82, 2.24) is 10.3 Å². The second-order valence-corrected chi connectivity index (χ2v) is 5.21. The summed E-state index contributed by atoms with van der Waals surface area (Å²) < 4.78 is 0. The molecule has 0 aromatic carbocycles. The second kappa shape index (κ2) is 5.52. The van der Waals surface area contributed by atoms with Crippen LogP contribution in [0.15, 0.2) is 18.3 Å². The number of nitrogens with zero attached hydrogens (tertiary/aromatic N) is 1. The van der Waals surface area contributed by atoms with Crippen LogP contribution in [0.5, 0.6) is 0 Å². The standard InChI is InChI=1S/C12H18N2S/c1-10-4-2-6-13-12(10)8-14-11-5-3-7-15-9-11/h2,4,6,11,14H,3,5,7-9H2,1H3. The molecule has 3 heteroatoms. The van der Waals surface area contributed by atoms with Gasteiger partial charge in [-0.2, -0.15) is 11.8 Å². The quantitative estimate of drug-likeness (QED) is 0.850. The Kier molecular flexibility index (Phi) is 4.03. The number of pyridine rings is 1. The van der Waals surface area contributed by atoms with Crippen molar-refractivity contribution < 1.29 is 0 Å². The highest BCUT2D eigenvalue weighted by atomic mass is 32.2. The van der Waals surface area contributed by atoms with Crippen molar-refractivity contribution in [2.75, 3.05) is 11.5 Å². The SMILES string of the molecule is Cc1cccnc1CNC1CCCSC1. The van der Waals surface area contributed by atoms with Crippen LogP contribution in [-0.2, 0) is 6.54 Å². The van der Waals surface area contributed by atoms with E-state index >= 15 is 0 Å². The Morgan fingerprint density at radius 3 is 3.27 bits per heavy atom. The predicted molar refractivity (Wildman–Crippen MR) is 66.2 cm³/mol. The van der Waals surface area contributed by atoms with Gasteiger partial charge in [-0.05, 0) is 37.1 Å². The Balaban J connectivity index is 1.84. The zero-order chi connectivity index (χ0) is 10.5. The first kappa shape index (κ1) is 11.0. The van der Waals surface area contributed by atoms with Crippen LogP contribution in [0.4, 0.5) is 0 Å². The third kappa shape index (κ3) is 3.21. The number of nitrogens with one attached hydrogen (secondary N) is 1. The lowest BCUT2D eigenvalue weighted by atomic mass is 10.1. The summed E-state index contributed by atoms with van der Waals surface area (Å²) in [6.07, 6.45) is 4.54. The number of hydrogen-bond acceptors (Lipinski definition) is 3. The molecule has 2 rings (SSSR count). The van der Waals surface area contributed by atoms with Crippen LogP contribution in [-0.4, -0.2) is 22.5 Å². The Labute approximate surface area is 95.9 Å². The molecule has 2 nitrogen and oxygen atoms in total. The lowest BCUT2D eigenvalue weighted by molar-refractivity contribution is 0.503. The van der Waals surface area contributed by atoms with Gasteiger partial charge in [-0.1, -0.05) is 6.07 Å². The predicted octanol–water partition coefficient (Wildman–Crippen LogP) is 2.38. The molecule has 1 atom stereocenters. The van der Waals surface area contributed by atoms with Crippen molar-refractivity contribution in [1.29, 1.82) is 0 Å². The average Bonchev–Trinajstić information content (AvgIpc) is 2.29. The van der Waals surface area contributed by atoms with E-state index in [0.717, 1.165) is 6.54 Å². The van der Waals surface area contributed by atoms with Gasteiger partial charge in [-0.25, -0.2) is 0 Å². The zero-order valence-electron chi connectivity index (χ0n) is 9.20. The summed E-state index contributed by atoms with van der Waals surface area (Å²) in [4.78, 5) is 4.39. The summed E-state index contributed by atoms with van der Waals surface area (Å²) in [5.74, 6) is 2.59. The minimum Gasteiger partial charge on any atom is -0.308 e. The molecule has 0 spiro atoms. The van der Waals surface area contributed by atoms with Crippen LogP contribution < -0.4 is 5.32 Å². The van der Waals surface area contributed by atoms with Crippen LogP contribution in [0.2, 0.25) is 0 Å². The van der Waals surface area contributed by atoms with Gasteiger partial charge in [0.25, 0.3) is 0 Å². The first-order valence-corrected chi connectivity index (χ1v) is 6.73. The third-order valence-corrected chi connectivity index (χ3v) is 4.05. The summed E-state index contributed by atoms with van der Waals surface area (Å²) in [6, 6.07) is 4.81. The normalized spacial score (nSPS) is 21.5. The van der Waals surface area contributed by atoms with E-state index in [-0.39, 0.29) is 0 Å². The summed E-state index contributed by atoms with van der Waals surface area (Å²) in [6.45, 7) is 3.04. The highest BCUT2D eigenvalue weighted by Gasteiger charge is 2.13. The summed E-state index contributed by atoms with van der Waals surface area (Å²) in [5, 5.41) is 3.60. The topological polar surface area (TPSA) is 24.9 Å². The maximum Gasteiger partial charge on any atom is 0.0570 e. The van der Waals surface area contributed by atoms with Crippen molar-refractivity contribution in [3.05, 3.63) is 29.6 Å². The minimum absolute atomic E-state index is 0.685. The van der Waals surface area contributed by atoms with Gasteiger partial charge in [0.1, 0.15) is 0 Å². The lowest BCUT2D eigenvalue weighted by Gasteiger charge is -2.22. The highest BCUT2D eigenvalue weighted by Crippen LogP contribution is 2.17. The third-order valence-electron chi connectivity index (χ3n) is 2.84. The number of thioether (sulfide) groups is 1. The average molecular weight is 222 g/mol. The molecule has 1 aromatic rings. The summed E-state index contributed by atoms with van der Waals surface area (Å²) in [5.41, 5.74) is 2.47. The van der Waals surface area contributed by atoms with E-state index in [4.69, 9.17) is 0 Å². The van der Waals surface area contributed by atoms with E-state index in [1.54, 1.807) is 0 Å². The van der Waals surface area contributed by atoms with E-state index in [9.17, 15) is 0 Å². The largest absolute Gasteiger partial charge is 0.308 e. The lowest BCUT2D eigenvalue weighted by Crippen LogP contribution is -2.33. The molecule has 2 heterocycles. The van der Waals surface area contributed by atoms with Gasteiger partial charge in [0.15, 0.2) is 0 Å². The molecule has 1 aromatic heterocycles. The molecular weight excluding hydrogens is 204 g/mol. The highest BCUT2D eigenvalue weighted by molar-refractivity contribution is 7.99. The van der Waals surface area contributed by atoms with E-state index in [0.29, 0.717) is 6.04 Å². The molecule has 1 fully saturated rings. The van der Waals surface area contributed by atoms with Crippen molar-refractivity contribution in [3.63, 3.8) is 0 Å². The van der Waals surface area contributed by atoms with Gasteiger partial charge in [-0.15, -0.1) is 0 Å². The molecule has 0 amide bonds. The molecule has 0 saturated carbocycles. The molecule has 1 N–H and O–H groups in total. The zero-order valence-corrected chi connectivity index (χ0v) is 10.0. The molecule has 15 heavy (non-hydrogen) atoms. The molecule has 0 aliphatic carbocycles. The van der Waals surface area contributed by atoms with Gasteiger partial charge in [0, 0.05) is 24.5 Å². The molecule has 1 aliphatic heterocycles. The van der Waals surface area contributed by atoms with Crippen LogP contribution >= 0.6 is 11.8 Å². The number of aryl methyl sites for hydroxylation is 1. The Bertz CT molecular complexity index is 308. The van der Waals surface area contributed by atoms with Crippen molar-refractivity contribution in [3.8, 4) is 0 Å². The van der Waals surface area contributed by atoms with Crippen LogP contribution in [0.25, 0.3) is 0 Å². The number of rotatable bonds is 3. The van der Waals surface area contributed by atoms with Crippen LogP contribution in [0.1, 0.15) is 24.1 Å². The Hall–Kier alpha value is -0.540. The van der Waals surface area contributed by atoms with Gasteiger partial charge in [0.2, 0.25) is 0 Å². The summed E-state index contributed by atoms with van der Waals surface area (Å²) in [7, 11) is 0. The van der Waals surface area contributed by atoms with Gasteiger partial charge in [-0.3, -0.25) is 4.98 Å². The fourth-order valence-electron chi connectivity index (χ4n) is 1.85. The Morgan fingerprint density at radius 2 is 2.53 bits per heavy atom. The smallest absolute Gasteiger partial charge is 0.0570 e. The van der Waals surface area contributed by atoms with Gasteiger partial charge < -0.3 is 5.32 Å². The molecule has 1 saturated heterocycles. The van der Waals surface area contributed by atoms with Crippen LogP contribution in [0.3, 0.4) is 0 Å². The Morgan fingerprint density at radius 1 is 1.60 bits per heavy atom. The van der Waals surface area contributed by atoms with E-state index in [2.05, 4.69) is 35.1 Å². The fourth-order valence-corrected chi connectivity index (χ4v) is 2.95.